The predicted octanol–water partition coefficient (Wildman–Crippen LogP) is 0.940. The molecule has 5 nitrogen and oxygen atoms in total. The smallest absolute Gasteiger partial charge is 0.308 e. The normalized spacial score (nSPS) is 13.9. The van der Waals surface area contributed by atoms with E-state index in [-0.39, 0.29) is 12.3 Å². The summed E-state index contributed by atoms with van der Waals surface area (Å²) in [5.41, 5.74) is 0. The topological polar surface area (TPSA) is 69.7 Å². The molecule has 0 bridgehead atoms. The highest BCUT2D eigenvalue weighted by atomic mass is 32.2. The second kappa shape index (κ2) is 6.07. The zero-order valence-electron chi connectivity index (χ0n) is 9.52. The second-order valence-electron chi connectivity index (χ2n) is 3.83. The first-order valence-electron chi connectivity index (χ1n) is 4.69. The van der Waals surface area contributed by atoms with Gasteiger partial charge in [-0.05, 0) is 12.3 Å². The zero-order valence-corrected chi connectivity index (χ0v) is 10.3. The number of carbonyl (C=O) groups is 1. The zero-order chi connectivity index (χ0) is 12.1. The lowest BCUT2D eigenvalue weighted by atomic mass is 10.0. The van der Waals surface area contributed by atoms with Crippen LogP contribution in [0.1, 0.15) is 26.7 Å². The van der Waals surface area contributed by atoms with Crippen LogP contribution < -0.4 is 0 Å². The van der Waals surface area contributed by atoms with Crippen molar-refractivity contribution >= 4 is 16.1 Å². The van der Waals surface area contributed by atoms with Crippen LogP contribution in [0.4, 0.5) is 0 Å². The molecule has 0 aromatic heterocycles. The maximum absolute atomic E-state index is 11.0. The summed E-state index contributed by atoms with van der Waals surface area (Å²) >= 11 is 0. The van der Waals surface area contributed by atoms with Gasteiger partial charge in [0, 0.05) is 0 Å². The first kappa shape index (κ1) is 14.4. The molecule has 1 unspecified atom stereocenters. The lowest BCUT2D eigenvalue weighted by Gasteiger charge is -2.16. The van der Waals surface area contributed by atoms with Crippen LogP contribution in [0.3, 0.4) is 0 Å². The van der Waals surface area contributed by atoms with E-state index in [1.807, 2.05) is 13.8 Å². The van der Waals surface area contributed by atoms with E-state index < -0.39 is 22.2 Å². The Hall–Kier alpha value is -0.620. The minimum absolute atomic E-state index is 0.0399. The minimum atomic E-state index is -3.53. The van der Waals surface area contributed by atoms with Crippen molar-refractivity contribution in [1.82, 2.24) is 0 Å². The first-order chi connectivity index (χ1) is 6.74. The van der Waals surface area contributed by atoms with E-state index in [4.69, 9.17) is 4.18 Å². The molecule has 0 aliphatic heterocycles. The Labute approximate surface area is 90.9 Å². The SMILES string of the molecule is COC(=O)CC(CC(C)C)OS(C)(=O)=O. The number of hydrogen-bond acceptors (Lipinski definition) is 5. The highest BCUT2D eigenvalue weighted by Crippen LogP contribution is 2.14. The Morgan fingerprint density at radius 3 is 2.20 bits per heavy atom. The van der Waals surface area contributed by atoms with E-state index in [0.717, 1.165) is 6.26 Å². The summed E-state index contributed by atoms with van der Waals surface area (Å²) in [6, 6.07) is 0. The Balaban J connectivity index is 4.38. The quantitative estimate of drug-likeness (QED) is 0.509. The molecule has 0 heterocycles. The molecular weight excluding hydrogens is 220 g/mol. The van der Waals surface area contributed by atoms with Gasteiger partial charge in [0.05, 0.1) is 25.9 Å². The van der Waals surface area contributed by atoms with E-state index in [0.29, 0.717) is 6.42 Å². The molecule has 90 valence electrons. The lowest BCUT2D eigenvalue weighted by Crippen LogP contribution is -2.23. The van der Waals surface area contributed by atoms with Gasteiger partial charge in [0.25, 0.3) is 10.1 Å². The largest absolute Gasteiger partial charge is 0.469 e. The Bertz CT molecular complexity index is 294. The molecule has 0 aliphatic carbocycles. The van der Waals surface area contributed by atoms with E-state index in [1.54, 1.807) is 0 Å². The van der Waals surface area contributed by atoms with Crippen molar-refractivity contribution in [3.8, 4) is 0 Å². The molecule has 0 aliphatic rings. The van der Waals surface area contributed by atoms with Crippen LogP contribution in [0.2, 0.25) is 0 Å². The molecule has 0 spiro atoms. The van der Waals surface area contributed by atoms with Crippen molar-refractivity contribution in [3.05, 3.63) is 0 Å². The van der Waals surface area contributed by atoms with Crippen LogP contribution in [0.5, 0.6) is 0 Å². The molecule has 0 rings (SSSR count). The average molecular weight is 238 g/mol. The van der Waals surface area contributed by atoms with Gasteiger partial charge in [0.2, 0.25) is 0 Å². The molecule has 0 aromatic carbocycles. The summed E-state index contributed by atoms with van der Waals surface area (Å²) in [7, 11) is -2.27. The summed E-state index contributed by atoms with van der Waals surface area (Å²) < 4.78 is 31.1. The third kappa shape index (κ3) is 8.38. The fraction of sp³-hybridized carbons (Fsp3) is 0.889. The van der Waals surface area contributed by atoms with Gasteiger partial charge >= 0.3 is 5.97 Å². The molecule has 0 saturated heterocycles. The number of ether oxygens (including phenoxy) is 1. The van der Waals surface area contributed by atoms with Gasteiger partial charge in [-0.15, -0.1) is 0 Å². The van der Waals surface area contributed by atoms with Gasteiger partial charge in [-0.2, -0.15) is 8.42 Å². The molecule has 0 fully saturated rings. The molecule has 0 aromatic rings. The van der Waals surface area contributed by atoms with Crippen molar-refractivity contribution < 1.29 is 22.1 Å². The van der Waals surface area contributed by atoms with Gasteiger partial charge < -0.3 is 4.74 Å². The number of esters is 1. The number of hydrogen-bond donors (Lipinski definition) is 0. The third-order valence-electron chi connectivity index (χ3n) is 1.67. The van der Waals surface area contributed by atoms with Crippen LogP contribution >= 0.6 is 0 Å². The molecule has 1 atom stereocenters. The summed E-state index contributed by atoms with van der Waals surface area (Å²) in [6.45, 7) is 3.85. The van der Waals surface area contributed by atoms with Crippen molar-refractivity contribution in [2.24, 2.45) is 5.92 Å². The molecule has 0 saturated carbocycles. The molecule has 0 radical (unpaired) electrons. The van der Waals surface area contributed by atoms with Crippen LogP contribution in [-0.2, 0) is 23.8 Å². The first-order valence-corrected chi connectivity index (χ1v) is 6.51. The average Bonchev–Trinajstić information content (AvgIpc) is 1.99. The van der Waals surface area contributed by atoms with Gasteiger partial charge in [0.15, 0.2) is 0 Å². The maximum atomic E-state index is 11.0. The summed E-state index contributed by atoms with van der Waals surface area (Å²) in [6.07, 6.45) is 0.800. The van der Waals surface area contributed by atoms with Gasteiger partial charge in [0.1, 0.15) is 0 Å². The highest BCUT2D eigenvalue weighted by molar-refractivity contribution is 7.86. The van der Waals surface area contributed by atoms with Gasteiger partial charge in [-0.1, -0.05) is 13.8 Å². The summed E-state index contributed by atoms with van der Waals surface area (Å²) in [4.78, 5) is 11.0. The molecule has 15 heavy (non-hydrogen) atoms. The second-order valence-corrected chi connectivity index (χ2v) is 5.43. The molecule has 0 N–H and O–H groups in total. The fourth-order valence-corrected chi connectivity index (χ4v) is 1.84. The van der Waals surface area contributed by atoms with Crippen LogP contribution in [0, 0.1) is 5.92 Å². The van der Waals surface area contributed by atoms with E-state index >= 15 is 0 Å². The summed E-state index contributed by atoms with van der Waals surface area (Å²) in [5, 5.41) is 0. The van der Waals surface area contributed by atoms with Crippen molar-refractivity contribution in [2.45, 2.75) is 32.8 Å². The Morgan fingerprint density at radius 2 is 1.87 bits per heavy atom. The standard InChI is InChI=1S/C9H18O5S/c1-7(2)5-8(6-9(10)13-3)14-15(4,11)12/h7-8H,5-6H2,1-4H3. The number of methoxy groups -OCH3 is 1. The van der Waals surface area contributed by atoms with Crippen molar-refractivity contribution in [1.29, 1.82) is 0 Å². The third-order valence-corrected chi connectivity index (χ3v) is 2.29. The van der Waals surface area contributed by atoms with Crippen LogP contribution in [0.25, 0.3) is 0 Å². The maximum Gasteiger partial charge on any atom is 0.308 e. The molecule has 6 heteroatoms. The number of carbonyl (C=O) groups excluding carboxylic acids is 1. The van der Waals surface area contributed by atoms with Gasteiger partial charge in [-0.25, -0.2) is 0 Å². The molecular formula is C9H18O5S. The lowest BCUT2D eigenvalue weighted by molar-refractivity contribution is -0.142. The van der Waals surface area contributed by atoms with Gasteiger partial charge in [-0.3, -0.25) is 8.98 Å². The van der Waals surface area contributed by atoms with E-state index in [1.165, 1.54) is 7.11 Å². The monoisotopic (exact) mass is 238 g/mol. The Kier molecular flexibility index (Phi) is 5.82. The van der Waals surface area contributed by atoms with E-state index in [9.17, 15) is 13.2 Å². The fourth-order valence-electron chi connectivity index (χ4n) is 1.20. The van der Waals surface area contributed by atoms with E-state index in [2.05, 4.69) is 4.74 Å². The van der Waals surface area contributed by atoms with Crippen molar-refractivity contribution in [2.75, 3.05) is 13.4 Å². The van der Waals surface area contributed by atoms with Crippen LogP contribution in [0.15, 0.2) is 0 Å². The predicted molar refractivity (Wildman–Crippen MR) is 55.8 cm³/mol. The minimum Gasteiger partial charge on any atom is -0.469 e. The van der Waals surface area contributed by atoms with Crippen LogP contribution in [-0.4, -0.2) is 33.9 Å². The Morgan fingerprint density at radius 1 is 1.33 bits per heavy atom. The molecule has 0 amide bonds. The number of rotatable bonds is 6. The highest BCUT2D eigenvalue weighted by Gasteiger charge is 2.20. The van der Waals surface area contributed by atoms with Crippen molar-refractivity contribution in [3.63, 3.8) is 0 Å². The summed E-state index contributed by atoms with van der Waals surface area (Å²) in [5.74, 6) is -0.217.